The van der Waals surface area contributed by atoms with Crippen molar-refractivity contribution in [3.8, 4) is 5.75 Å². The first-order valence-corrected chi connectivity index (χ1v) is 11.1. The monoisotopic (exact) mass is 504 g/mol. The Morgan fingerprint density at radius 3 is 1.90 bits per heavy atom. The lowest BCUT2D eigenvalue weighted by Gasteiger charge is -2.38. The van der Waals surface area contributed by atoms with Crippen LogP contribution in [0.3, 0.4) is 0 Å². The van der Waals surface area contributed by atoms with E-state index in [4.69, 9.17) is 4.74 Å². The number of allylic oxidation sites excluding steroid dienone is 1. The third-order valence-corrected chi connectivity index (χ3v) is 6.59. The van der Waals surface area contributed by atoms with E-state index < -0.39 is 5.60 Å². The van der Waals surface area contributed by atoms with Gasteiger partial charge < -0.3 is 4.74 Å². The standard InChI is InChI=1S/C26H18Br2O/c1-17-16-26(19-7-11-21(27)12-8-19,20-9-13-22(28)14-10-20)29-25-23(17)15-6-18-4-2-3-5-24(18)25/h2-16H,1H3. The third-order valence-electron chi connectivity index (χ3n) is 5.53. The second-order valence-corrected chi connectivity index (χ2v) is 9.17. The molecule has 4 aromatic carbocycles. The number of benzene rings is 4. The lowest BCUT2D eigenvalue weighted by atomic mass is 9.81. The molecule has 0 fully saturated rings. The molecule has 0 atom stereocenters. The topological polar surface area (TPSA) is 9.23 Å². The molecule has 0 N–H and O–H groups in total. The van der Waals surface area contributed by atoms with Gasteiger partial charge in [0.05, 0.1) is 0 Å². The summed E-state index contributed by atoms with van der Waals surface area (Å²) in [5, 5.41) is 2.32. The minimum Gasteiger partial charge on any atom is -0.472 e. The molecule has 0 unspecified atom stereocenters. The fraction of sp³-hybridized carbons (Fsp3) is 0.0769. The van der Waals surface area contributed by atoms with Crippen LogP contribution in [0.25, 0.3) is 16.3 Å². The van der Waals surface area contributed by atoms with E-state index in [2.05, 4.69) is 130 Å². The quantitative estimate of drug-likeness (QED) is 0.267. The molecule has 1 heterocycles. The van der Waals surface area contributed by atoms with Crippen LogP contribution >= 0.6 is 31.9 Å². The van der Waals surface area contributed by atoms with Crippen molar-refractivity contribution in [3.63, 3.8) is 0 Å². The summed E-state index contributed by atoms with van der Waals surface area (Å²) in [7, 11) is 0. The van der Waals surface area contributed by atoms with Crippen molar-refractivity contribution in [2.75, 3.05) is 0 Å². The van der Waals surface area contributed by atoms with Crippen molar-refractivity contribution in [3.05, 3.63) is 117 Å². The lowest BCUT2D eigenvalue weighted by molar-refractivity contribution is 0.162. The summed E-state index contributed by atoms with van der Waals surface area (Å²) in [5.41, 5.74) is 3.86. The maximum atomic E-state index is 6.95. The van der Waals surface area contributed by atoms with Gasteiger partial charge in [0, 0.05) is 31.0 Å². The van der Waals surface area contributed by atoms with E-state index in [0.717, 1.165) is 36.8 Å². The zero-order valence-corrected chi connectivity index (χ0v) is 19.0. The molecule has 0 saturated heterocycles. The van der Waals surface area contributed by atoms with Gasteiger partial charge >= 0.3 is 0 Å². The molecule has 3 heteroatoms. The molecule has 0 aromatic heterocycles. The Morgan fingerprint density at radius 1 is 0.690 bits per heavy atom. The number of hydrogen-bond donors (Lipinski definition) is 0. The molecule has 29 heavy (non-hydrogen) atoms. The fourth-order valence-electron chi connectivity index (χ4n) is 4.08. The Kier molecular flexibility index (Phi) is 4.60. The van der Waals surface area contributed by atoms with Crippen molar-refractivity contribution in [2.45, 2.75) is 12.5 Å². The van der Waals surface area contributed by atoms with Crippen LogP contribution in [0.5, 0.6) is 5.75 Å². The van der Waals surface area contributed by atoms with Gasteiger partial charge in [-0.05, 0) is 48.2 Å². The van der Waals surface area contributed by atoms with Gasteiger partial charge in [-0.2, -0.15) is 0 Å². The Morgan fingerprint density at radius 2 is 1.28 bits per heavy atom. The number of fused-ring (bicyclic) bond motifs is 3. The molecule has 0 aliphatic carbocycles. The largest absolute Gasteiger partial charge is 0.472 e. The van der Waals surface area contributed by atoms with Crippen LogP contribution in [0, 0.1) is 0 Å². The maximum absolute atomic E-state index is 6.95. The van der Waals surface area contributed by atoms with Gasteiger partial charge in [0.15, 0.2) is 5.60 Å². The molecular weight excluding hydrogens is 488 g/mol. The minimum atomic E-state index is -0.692. The van der Waals surface area contributed by atoms with E-state index in [9.17, 15) is 0 Å². The van der Waals surface area contributed by atoms with Gasteiger partial charge in [-0.15, -0.1) is 0 Å². The van der Waals surface area contributed by atoms with E-state index in [1.165, 1.54) is 11.0 Å². The Balaban J connectivity index is 1.81. The van der Waals surface area contributed by atoms with E-state index in [0.29, 0.717) is 0 Å². The van der Waals surface area contributed by atoms with Crippen molar-refractivity contribution in [2.24, 2.45) is 0 Å². The van der Waals surface area contributed by atoms with E-state index >= 15 is 0 Å². The summed E-state index contributed by atoms with van der Waals surface area (Å²) in [6, 6.07) is 29.5. The second kappa shape index (κ2) is 7.16. The first-order chi connectivity index (χ1) is 14.1. The molecule has 1 aliphatic heterocycles. The van der Waals surface area contributed by atoms with Gasteiger partial charge in [-0.25, -0.2) is 0 Å². The average molecular weight is 506 g/mol. The number of halogens is 2. The lowest BCUT2D eigenvalue weighted by Crippen LogP contribution is -2.35. The first-order valence-electron chi connectivity index (χ1n) is 9.49. The minimum absolute atomic E-state index is 0.692. The molecule has 5 rings (SSSR count). The van der Waals surface area contributed by atoms with Crippen LogP contribution in [-0.2, 0) is 5.60 Å². The summed E-state index contributed by atoms with van der Waals surface area (Å²) in [5.74, 6) is 0.939. The number of hydrogen-bond acceptors (Lipinski definition) is 1. The highest BCUT2D eigenvalue weighted by Crippen LogP contribution is 2.47. The van der Waals surface area contributed by atoms with Crippen molar-refractivity contribution in [1.29, 1.82) is 0 Å². The maximum Gasteiger partial charge on any atom is 0.178 e. The smallest absolute Gasteiger partial charge is 0.178 e. The highest BCUT2D eigenvalue weighted by Gasteiger charge is 2.39. The SMILES string of the molecule is CC1=CC(c2ccc(Br)cc2)(c2ccc(Br)cc2)Oc2c1ccc1ccccc21. The van der Waals surface area contributed by atoms with Crippen molar-refractivity contribution >= 4 is 48.2 Å². The highest BCUT2D eigenvalue weighted by molar-refractivity contribution is 9.10. The van der Waals surface area contributed by atoms with Gasteiger partial charge in [-0.1, -0.05) is 92.5 Å². The Labute approximate surface area is 187 Å². The van der Waals surface area contributed by atoms with Crippen LogP contribution in [-0.4, -0.2) is 0 Å². The molecule has 4 aromatic rings. The summed E-state index contributed by atoms with van der Waals surface area (Å²) in [4.78, 5) is 0. The number of rotatable bonds is 2. The predicted molar refractivity (Wildman–Crippen MR) is 127 cm³/mol. The summed E-state index contributed by atoms with van der Waals surface area (Å²) >= 11 is 7.12. The molecule has 0 bridgehead atoms. The zero-order chi connectivity index (χ0) is 20.0. The average Bonchev–Trinajstić information content (AvgIpc) is 2.74. The predicted octanol–water partition coefficient (Wildman–Crippen LogP) is 8.10. The molecule has 0 radical (unpaired) electrons. The second-order valence-electron chi connectivity index (χ2n) is 7.34. The zero-order valence-electron chi connectivity index (χ0n) is 15.8. The fourth-order valence-corrected chi connectivity index (χ4v) is 4.61. The molecule has 142 valence electrons. The molecule has 0 spiro atoms. The summed E-state index contributed by atoms with van der Waals surface area (Å²) in [6.07, 6.45) is 2.25. The van der Waals surface area contributed by atoms with Crippen molar-refractivity contribution in [1.82, 2.24) is 0 Å². The molecule has 0 amide bonds. The summed E-state index contributed by atoms with van der Waals surface area (Å²) in [6.45, 7) is 2.17. The Bertz CT molecular complexity index is 1190. The highest BCUT2D eigenvalue weighted by atomic mass is 79.9. The Hall–Kier alpha value is -2.36. The normalized spacial score (nSPS) is 14.8. The first kappa shape index (κ1) is 18.7. The van der Waals surface area contributed by atoms with Gasteiger partial charge in [0.25, 0.3) is 0 Å². The molecular formula is C26H18Br2O. The van der Waals surface area contributed by atoms with Crippen LogP contribution in [0.1, 0.15) is 23.6 Å². The third kappa shape index (κ3) is 3.13. The van der Waals surface area contributed by atoms with Gasteiger partial charge in [0.2, 0.25) is 0 Å². The van der Waals surface area contributed by atoms with Gasteiger partial charge in [0.1, 0.15) is 5.75 Å². The summed E-state index contributed by atoms with van der Waals surface area (Å²) < 4.78 is 9.05. The van der Waals surface area contributed by atoms with E-state index in [1.807, 2.05) is 0 Å². The molecule has 1 nitrogen and oxygen atoms in total. The van der Waals surface area contributed by atoms with Crippen LogP contribution in [0.2, 0.25) is 0 Å². The molecule has 0 saturated carbocycles. The van der Waals surface area contributed by atoms with Crippen LogP contribution in [0.4, 0.5) is 0 Å². The van der Waals surface area contributed by atoms with Crippen LogP contribution < -0.4 is 4.74 Å². The molecule has 1 aliphatic rings. The van der Waals surface area contributed by atoms with Gasteiger partial charge in [-0.3, -0.25) is 0 Å². The van der Waals surface area contributed by atoms with Crippen LogP contribution in [0.15, 0.2) is 100.0 Å². The van der Waals surface area contributed by atoms with E-state index in [1.54, 1.807) is 0 Å². The van der Waals surface area contributed by atoms with E-state index in [-0.39, 0.29) is 0 Å². The van der Waals surface area contributed by atoms with Crippen molar-refractivity contribution < 1.29 is 4.74 Å². The number of ether oxygens (including phenoxy) is 1.